The maximum Gasteiger partial charge on any atom is 0.166 e. The maximum absolute atomic E-state index is 7.05. The van der Waals surface area contributed by atoms with Crippen molar-refractivity contribution in [3.05, 3.63) is 73.1 Å². The van der Waals surface area contributed by atoms with Crippen LogP contribution in [-0.2, 0) is 0 Å². The van der Waals surface area contributed by atoms with Gasteiger partial charge in [-0.25, -0.2) is 0 Å². The van der Waals surface area contributed by atoms with Gasteiger partial charge < -0.3 is 0 Å². The van der Waals surface area contributed by atoms with Crippen molar-refractivity contribution in [3.63, 3.8) is 0 Å². The molecular formula is C18H24N3P+2. The highest BCUT2D eigenvalue weighted by Gasteiger charge is 2.43. The van der Waals surface area contributed by atoms with Crippen LogP contribution in [0.4, 0.5) is 0 Å². The molecular weight excluding hydrogens is 289 g/mol. The van der Waals surface area contributed by atoms with E-state index in [1.54, 1.807) is 0 Å². The summed E-state index contributed by atoms with van der Waals surface area (Å²) in [5.41, 5.74) is 7.05. The molecule has 2 unspecified atom stereocenters. The van der Waals surface area contributed by atoms with Gasteiger partial charge in [0.15, 0.2) is 19.9 Å². The predicted octanol–water partition coefficient (Wildman–Crippen LogP) is 1.13. The number of nitrogens with two attached hydrogens (primary N) is 1. The molecule has 22 heavy (non-hydrogen) atoms. The average Bonchev–Trinajstić information content (AvgIpc) is 2.88. The summed E-state index contributed by atoms with van der Waals surface area (Å²) in [6, 6.07) is 21.1. The predicted molar refractivity (Wildman–Crippen MR) is 95.5 cm³/mol. The van der Waals surface area contributed by atoms with Crippen LogP contribution < -0.4 is 21.0 Å². The Kier molecular flexibility index (Phi) is 4.30. The summed E-state index contributed by atoms with van der Waals surface area (Å²) in [6.45, 7) is 2.25. The quantitative estimate of drug-likeness (QED) is 0.830. The van der Waals surface area contributed by atoms with Crippen LogP contribution in [0.5, 0.6) is 0 Å². The van der Waals surface area contributed by atoms with Crippen LogP contribution in [0.3, 0.4) is 0 Å². The second kappa shape index (κ2) is 6.21. The second-order valence-electron chi connectivity index (χ2n) is 5.93. The highest BCUT2D eigenvalue weighted by Crippen LogP contribution is 2.48. The van der Waals surface area contributed by atoms with Gasteiger partial charge in [0.1, 0.15) is 16.8 Å². The summed E-state index contributed by atoms with van der Waals surface area (Å²) >= 11 is 0. The van der Waals surface area contributed by atoms with Crippen molar-refractivity contribution in [2.75, 3.05) is 13.3 Å². The molecule has 2 aromatic carbocycles. The van der Waals surface area contributed by atoms with Crippen molar-refractivity contribution in [3.8, 4) is 0 Å². The Bertz CT molecular complexity index is 602. The van der Waals surface area contributed by atoms with E-state index in [2.05, 4.69) is 91.9 Å². The third kappa shape index (κ3) is 2.80. The van der Waals surface area contributed by atoms with Gasteiger partial charge in [-0.1, -0.05) is 36.4 Å². The minimum atomic E-state index is -1.93. The first-order chi connectivity index (χ1) is 10.6. The summed E-state index contributed by atoms with van der Waals surface area (Å²) in [6.07, 6.45) is 5.68. The molecule has 0 saturated heterocycles. The minimum Gasteiger partial charge on any atom is -0.290 e. The summed E-state index contributed by atoms with van der Waals surface area (Å²) < 4.78 is 0. The van der Waals surface area contributed by atoms with E-state index in [4.69, 9.17) is 5.50 Å². The van der Waals surface area contributed by atoms with Crippen molar-refractivity contribution in [2.24, 2.45) is 5.50 Å². The van der Waals surface area contributed by atoms with Gasteiger partial charge in [0.05, 0.1) is 13.2 Å². The Labute approximate surface area is 133 Å². The third-order valence-electron chi connectivity index (χ3n) is 4.51. The molecule has 1 aliphatic heterocycles. The highest BCUT2D eigenvalue weighted by atomic mass is 31.2. The third-order valence-corrected chi connectivity index (χ3v) is 7.72. The first kappa shape index (κ1) is 15.2. The van der Waals surface area contributed by atoms with Gasteiger partial charge in [-0.2, -0.15) is 5.50 Å². The van der Waals surface area contributed by atoms with E-state index < -0.39 is 7.41 Å². The number of rotatable bonds is 4. The Morgan fingerprint density at radius 2 is 1.50 bits per heavy atom. The molecule has 0 amide bonds. The topological polar surface area (TPSA) is 33.7 Å². The Morgan fingerprint density at radius 3 is 1.91 bits per heavy atom. The molecule has 3 rings (SSSR count). The number of hydrogen-bond donors (Lipinski definition) is 2. The molecule has 0 aliphatic carbocycles. The number of benzene rings is 2. The summed E-state index contributed by atoms with van der Waals surface area (Å²) in [5, 5.41) is 2.51. The van der Waals surface area contributed by atoms with Gasteiger partial charge in [0, 0.05) is 6.92 Å². The number of nitrogens with one attached hydrogen (secondary N) is 1. The summed E-state index contributed by atoms with van der Waals surface area (Å²) in [4.78, 5) is 3.77. The van der Waals surface area contributed by atoms with Gasteiger partial charge in [-0.15, -0.1) is 0 Å². The molecule has 0 fully saturated rings. The molecule has 4 heteroatoms. The van der Waals surface area contributed by atoms with Crippen LogP contribution in [0.15, 0.2) is 73.1 Å². The zero-order valence-corrected chi connectivity index (χ0v) is 14.1. The van der Waals surface area contributed by atoms with E-state index in [1.165, 1.54) is 15.5 Å². The molecule has 1 heterocycles. The molecule has 114 valence electrons. The van der Waals surface area contributed by atoms with Crippen LogP contribution in [0.1, 0.15) is 6.92 Å². The molecule has 0 radical (unpaired) electrons. The maximum atomic E-state index is 7.05. The van der Waals surface area contributed by atoms with Crippen LogP contribution in [0.2, 0.25) is 0 Å². The van der Waals surface area contributed by atoms with E-state index >= 15 is 0 Å². The lowest BCUT2D eigenvalue weighted by molar-refractivity contribution is -0.854. The fourth-order valence-electron chi connectivity index (χ4n) is 2.87. The summed E-state index contributed by atoms with van der Waals surface area (Å²) in [7, 11) is 0.258. The van der Waals surface area contributed by atoms with Crippen LogP contribution in [0, 0.1) is 0 Å². The summed E-state index contributed by atoms with van der Waals surface area (Å²) in [5.74, 6) is 0. The Hall–Kier alpha value is -1.67. The average molecular weight is 313 g/mol. The van der Waals surface area contributed by atoms with E-state index in [9.17, 15) is 0 Å². The van der Waals surface area contributed by atoms with Crippen molar-refractivity contribution in [1.82, 2.24) is 4.90 Å². The molecule has 3 N–H and O–H groups in total. The van der Waals surface area contributed by atoms with Gasteiger partial charge in [-0.05, 0) is 24.3 Å². The van der Waals surface area contributed by atoms with Crippen LogP contribution in [0.25, 0.3) is 0 Å². The Balaban J connectivity index is 1.99. The minimum absolute atomic E-state index is 0.426. The van der Waals surface area contributed by atoms with E-state index in [0.29, 0.717) is 6.17 Å². The Morgan fingerprint density at radius 1 is 1.00 bits per heavy atom. The fourth-order valence-corrected chi connectivity index (χ4v) is 5.76. The molecule has 3 nitrogen and oxygen atoms in total. The highest BCUT2D eigenvalue weighted by molar-refractivity contribution is 7.87. The molecule has 0 aromatic heterocycles. The zero-order valence-electron chi connectivity index (χ0n) is 13.2. The smallest absolute Gasteiger partial charge is 0.166 e. The first-order valence-electron chi connectivity index (χ1n) is 7.66. The lowest BCUT2D eigenvalue weighted by atomic mass is 10.4. The second-order valence-corrected chi connectivity index (χ2v) is 8.98. The van der Waals surface area contributed by atoms with Crippen LogP contribution in [-0.4, -0.2) is 24.4 Å². The lowest BCUT2D eigenvalue weighted by Gasteiger charge is -2.29. The van der Waals surface area contributed by atoms with Gasteiger partial charge in [0.25, 0.3) is 0 Å². The van der Waals surface area contributed by atoms with Crippen LogP contribution >= 0.6 is 7.41 Å². The van der Waals surface area contributed by atoms with Gasteiger partial charge >= 0.3 is 0 Å². The van der Waals surface area contributed by atoms with Crippen molar-refractivity contribution >= 4 is 18.0 Å². The van der Waals surface area contributed by atoms with E-state index in [1.807, 2.05) is 0 Å². The van der Waals surface area contributed by atoms with E-state index in [0.717, 1.165) is 6.29 Å². The normalized spacial score (nSPS) is 21.3. The molecule has 0 saturated carbocycles. The first-order valence-corrected chi connectivity index (χ1v) is 9.71. The molecule has 0 bridgehead atoms. The largest absolute Gasteiger partial charge is 0.290 e. The standard InChI is InChI=1S/C18H23N3P/c1-16-20(2)13-14-21(16)15-22(19,17-9-5-3-6-10-17)18-11-7-4-8-12-18/h3-14,16H,15,19H2,1-2H3/q+1/p+1. The molecule has 2 atom stereocenters. The van der Waals surface area contributed by atoms with Crippen molar-refractivity contribution in [1.29, 1.82) is 0 Å². The van der Waals surface area contributed by atoms with Gasteiger partial charge in [0.2, 0.25) is 0 Å². The molecule has 0 spiro atoms. The van der Waals surface area contributed by atoms with Crippen molar-refractivity contribution < 1.29 is 4.90 Å². The monoisotopic (exact) mass is 313 g/mol. The molecule has 2 aromatic rings. The van der Waals surface area contributed by atoms with Gasteiger partial charge in [-0.3, -0.25) is 9.80 Å². The number of quaternary nitrogens is 1. The number of hydrogen-bond acceptors (Lipinski definition) is 2. The zero-order chi connectivity index (χ0) is 15.6. The van der Waals surface area contributed by atoms with Crippen molar-refractivity contribution in [2.45, 2.75) is 13.1 Å². The number of nitrogens with zero attached hydrogens (tertiary/aromatic N) is 1. The van der Waals surface area contributed by atoms with E-state index in [-0.39, 0.29) is 0 Å². The fraction of sp³-hybridized carbons (Fsp3) is 0.222. The molecule has 1 aliphatic rings. The lowest BCUT2D eigenvalue weighted by Crippen LogP contribution is -3.08. The SMILES string of the molecule is CC1N(C[P+](N)(c2ccccc2)c2ccccc2)C=C[NH+]1C.